The highest BCUT2D eigenvalue weighted by Gasteiger charge is 2.45. The standard InChI is InChI=1S/C32H23F/c1-22-18-24(20-27(33)19-22)23-16-17-31-29(21-23)28-14-8-9-15-30(28)32(31,25-10-4-2-5-11-25)26-12-6-3-7-13-26/h2-21H,1H3. The SMILES string of the molecule is Cc1cc(F)cc(-c2ccc3c(c2)-c2ccccc2C3(c2ccccc2)c2ccccc2)c1. The van der Waals surface area contributed by atoms with Crippen molar-refractivity contribution in [3.05, 3.63) is 155 Å². The Morgan fingerprint density at radius 3 is 1.79 bits per heavy atom. The van der Waals surface area contributed by atoms with Gasteiger partial charge in [0.1, 0.15) is 5.82 Å². The normalized spacial score (nSPS) is 13.4. The van der Waals surface area contributed by atoms with Crippen LogP contribution in [0.25, 0.3) is 22.3 Å². The summed E-state index contributed by atoms with van der Waals surface area (Å²) >= 11 is 0. The number of hydrogen-bond acceptors (Lipinski definition) is 0. The van der Waals surface area contributed by atoms with Crippen molar-refractivity contribution in [2.45, 2.75) is 12.3 Å². The fourth-order valence-electron chi connectivity index (χ4n) is 5.53. The molecule has 6 rings (SSSR count). The van der Waals surface area contributed by atoms with E-state index in [2.05, 4.69) is 103 Å². The van der Waals surface area contributed by atoms with Gasteiger partial charge in [-0.3, -0.25) is 0 Å². The molecule has 0 aliphatic heterocycles. The lowest BCUT2D eigenvalue weighted by Crippen LogP contribution is -2.28. The van der Waals surface area contributed by atoms with Gasteiger partial charge in [-0.2, -0.15) is 0 Å². The first kappa shape index (κ1) is 19.7. The zero-order chi connectivity index (χ0) is 22.4. The molecule has 0 saturated heterocycles. The van der Waals surface area contributed by atoms with Crippen molar-refractivity contribution in [3.63, 3.8) is 0 Å². The van der Waals surface area contributed by atoms with Crippen LogP contribution in [0.5, 0.6) is 0 Å². The summed E-state index contributed by atoms with van der Waals surface area (Å²) in [6, 6.07) is 42.0. The largest absolute Gasteiger partial charge is 0.207 e. The Morgan fingerprint density at radius 1 is 0.515 bits per heavy atom. The molecule has 0 bridgehead atoms. The second-order valence-electron chi connectivity index (χ2n) is 8.81. The van der Waals surface area contributed by atoms with Gasteiger partial charge in [0, 0.05) is 0 Å². The average molecular weight is 427 g/mol. The number of rotatable bonds is 3. The van der Waals surface area contributed by atoms with E-state index in [4.69, 9.17) is 0 Å². The van der Waals surface area contributed by atoms with Crippen LogP contribution in [0.2, 0.25) is 0 Å². The van der Waals surface area contributed by atoms with Gasteiger partial charge in [0.25, 0.3) is 0 Å². The molecule has 0 radical (unpaired) electrons. The van der Waals surface area contributed by atoms with Gasteiger partial charge in [0.15, 0.2) is 0 Å². The van der Waals surface area contributed by atoms with Crippen LogP contribution in [0.3, 0.4) is 0 Å². The minimum Gasteiger partial charge on any atom is -0.207 e. The molecule has 0 fully saturated rings. The Hall–Kier alpha value is -3.97. The topological polar surface area (TPSA) is 0 Å². The summed E-state index contributed by atoms with van der Waals surface area (Å²) < 4.78 is 14.2. The summed E-state index contributed by atoms with van der Waals surface area (Å²) in [5.74, 6) is -0.200. The highest BCUT2D eigenvalue weighted by Crippen LogP contribution is 2.56. The summed E-state index contributed by atoms with van der Waals surface area (Å²) in [6.45, 7) is 1.94. The van der Waals surface area contributed by atoms with E-state index in [1.165, 1.54) is 33.4 Å². The van der Waals surface area contributed by atoms with Gasteiger partial charge in [-0.05, 0) is 75.2 Å². The van der Waals surface area contributed by atoms with Gasteiger partial charge < -0.3 is 0 Å². The van der Waals surface area contributed by atoms with Crippen molar-refractivity contribution in [3.8, 4) is 22.3 Å². The molecule has 33 heavy (non-hydrogen) atoms. The lowest BCUT2D eigenvalue weighted by atomic mass is 9.67. The van der Waals surface area contributed by atoms with Gasteiger partial charge in [-0.15, -0.1) is 0 Å². The molecule has 0 aromatic heterocycles. The molecular weight excluding hydrogens is 403 g/mol. The van der Waals surface area contributed by atoms with E-state index in [1.54, 1.807) is 12.1 Å². The fourth-order valence-corrected chi connectivity index (χ4v) is 5.53. The lowest BCUT2D eigenvalue weighted by molar-refractivity contribution is 0.627. The van der Waals surface area contributed by atoms with Crippen LogP contribution < -0.4 is 0 Å². The Morgan fingerprint density at radius 2 is 1.12 bits per heavy atom. The average Bonchev–Trinajstić information content (AvgIpc) is 3.15. The van der Waals surface area contributed by atoms with E-state index in [-0.39, 0.29) is 5.82 Å². The summed E-state index contributed by atoms with van der Waals surface area (Å²) in [4.78, 5) is 0. The molecule has 0 nitrogen and oxygen atoms in total. The van der Waals surface area contributed by atoms with Crippen LogP contribution in [0.1, 0.15) is 27.8 Å². The number of hydrogen-bond donors (Lipinski definition) is 0. The first-order chi connectivity index (χ1) is 16.2. The van der Waals surface area contributed by atoms with Crippen LogP contribution in [0.4, 0.5) is 4.39 Å². The Balaban J connectivity index is 1.69. The van der Waals surface area contributed by atoms with E-state index in [1.807, 2.05) is 13.0 Å². The summed E-state index contributed by atoms with van der Waals surface area (Å²) in [5, 5.41) is 0. The number of halogens is 1. The minimum atomic E-state index is -0.398. The van der Waals surface area contributed by atoms with Crippen LogP contribution in [-0.4, -0.2) is 0 Å². The number of aryl methyl sites for hydroxylation is 1. The zero-order valence-electron chi connectivity index (χ0n) is 18.4. The maximum Gasteiger partial charge on any atom is 0.124 e. The van der Waals surface area contributed by atoms with E-state index in [0.717, 1.165) is 16.7 Å². The van der Waals surface area contributed by atoms with Crippen molar-refractivity contribution >= 4 is 0 Å². The van der Waals surface area contributed by atoms with Crippen LogP contribution in [-0.2, 0) is 5.41 Å². The predicted octanol–water partition coefficient (Wildman–Crippen LogP) is 8.16. The molecular formula is C32H23F. The first-order valence-corrected chi connectivity index (χ1v) is 11.3. The highest BCUT2D eigenvalue weighted by atomic mass is 19.1. The number of fused-ring (bicyclic) bond motifs is 3. The highest BCUT2D eigenvalue weighted by molar-refractivity contribution is 5.88. The monoisotopic (exact) mass is 426 g/mol. The second kappa shape index (κ2) is 7.56. The molecule has 0 unspecified atom stereocenters. The molecule has 0 saturated carbocycles. The molecule has 0 spiro atoms. The van der Waals surface area contributed by atoms with Gasteiger partial charge in [0.2, 0.25) is 0 Å². The molecule has 0 atom stereocenters. The van der Waals surface area contributed by atoms with Crippen molar-refractivity contribution < 1.29 is 4.39 Å². The van der Waals surface area contributed by atoms with Crippen LogP contribution in [0.15, 0.2) is 121 Å². The Bertz CT molecular complexity index is 1410. The molecule has 0 amide bonds. The summed E-state index contributed by atoms with van der Waals surface area (Å²) in [5.41, 5.74) is 9.94. The van der Waals surface area contributed by atoms with Crippen molar-refractivity contribution in [1.82, 2.24) is 0 Å². The quantitative estimate of drug-likeness (QED) is 0.268. The maximum absolute atomic E-state index is 14.2. The summed E-state index contributed by atoms with van der Waals surface area (Å²) in [7, 11) is 0. The summed E-state index contributed by atoms with van der Waals surface area (Å²) in [6.07, 6.45) is 0. The second-order valence-corrected chi connectivity index (χ2v) is 8.81. The molecule has 1 aliphatic carbocycles. The Labute approximate surface area is 194 Å². The van der Waals surface area contributed by atoms with E-state index in [0.29, 0.717) is 0 Å². The smallest absolute Gasteiger partial charge is 0.124 e. The first-order valence-electron chi connectivity index (χ1n) is 11.3. The Kier molecular flexibility index (Phi) is 4.52. The van der Waals surface area contributed by atoms with E-state index < -0.39 is 5.41 Å². The fraction of sp³-hybridized carbons (Fsp3) is 0.0625. The van der Waals surface area contributed by atoms with E-state index in [9.17, 15) is 4.39 Å². The third-order valence-electron chi connectivity index (χ3n) is 6.83. The van der Waals surface area contributed by atoms with Crippen molar-refractivity contribution in [1.29, 1.82) is 0 Å². The predicted molar refractivity (Wildman–Crippen MR) is 134 cm³/mol. The molecule has 5 aromatic carbocycles. The molecule has 5 aromatic rings. The lowest BCUT2D eigenvalue weighted by Gasteiger charge is -2.33. The molecule has 1 heteroatoms. The van der Waals surface area contributed by atoms with E-state index >= 15 is 0 Å². The van der Waals surface area contributed by atoms with Crippen molar-refractivity contribution in [2.75, 3.05) is 0 Å². The van der Waals surface area contributed by atoms with Gasteiger partial charge in [-0.1, -0.05) is 103 Å². The molecule has 0 heterocycles. The van der Waals surface area contributed by atoms with Gasteiger partial charge >= 0.3 is 0 Å². The maximum atomic E-state index is 14.2. The van der Waals surface area contributed by atoms with Crippen LogP contribution >= 0.6 is 0 Å². The van der Waals surface area contributed by atoms with Crippen molar-refractivity contribution in [2.24, 2.45) is 0 Å². The third-order valence-corrected chi connectivity index (χ3v) is 6.83. The molecule has 0 N–H and O–H groups in total. The van der Waals surface area contributed by atoms with Gasteiger partial charge in [0.05, 0.1) is 5.41 Å². The molecule has 158 valence electrons. The number of benzene rings is 5. The minimum absolute atomic E-state index is 0.200. The molecule has 1 aliphatic rings. The van der Waals surface area contributed by atoms with Crippen LogP contribution in [0, 0.1) is 12.7 Å². The third kappa shape index (κ3) is 2.97. The zero-order valence-corrected chi connectivity index (χ0v) is 18.4. The van der Waals surface area contributed by atoms with Gasteiger partial charge in [-0.25, -0.2) is 4.39 Å².